The van der Waals surface area contributed by atoms with Gasteiger partial charge < -0.3 is 10.4 Å². The number of phenolic OH excluding ortho intramolecular Hbond substituents is 1. The zero-order chi connectivity index (χ0) is 20.7. The average Bonchev–Trinajstić information content (AvgIpc) is 2.69. The molecule has 2 N–H and O–H groups in total. The zero-order valence-electron chi connectivity index (χ0n) is 16.3. The molecule has 0 fully saturated rings. The molecule has 2 rings (SSSR count). The number of carbonyl (C=O) groups excluding carboxylic acids is 1. The van der Waals surface area contributed by atoms with Crippen molar-refractivity contribution in [2.24, 2.45) is 0 Å². The Morgan fingerprint density at radius 1 is 1.14 bits per heavy atom. The van der Waals surface area contributed by atoms with Gasteiger partial charge in [0.2, 0.25) is 15.9 Å². The first-order valence-corrected chi connectivity index (χ1v) is 11.6. The van der Waals surface area contributed by atoms with E-state index in [1.54, 1.807) is 20.8 Å². The fourth-order valence-electron chi connectivity index (χ4n) is 2.59. The molecular weight excluding hydrogens is 396 g/mol. The van der Waals surface area contributed by atoms with E-state index >= 15 is 0 Å². The molecule has 0 aliphatic carbocycles. The van der Waals surface area contributed by atoms with Crippen molar-refractivity contribution < 1.29 is 18.3 Å². The second-order valence-corrected chi connectivity index (χ2v) is 9.46. The van der Waals surface area contributed by atoms with Crippen LogP contribution in [-0.4, -0.2) is 42.1 Å². The molecule has 0 spiro atoms. The first-order valence-electron chi connectivity index (χ1n) is 9.09. The van der Waals surface area contributed by atoms with E-state index in [0.717, 1.165) is 5.56 Å². The quantitative estimate of drug-likeness (QED) is 0.602. The van der Waals surface area contributed by atoms with Gasteiger partial charge in [-0.15, -0.1) is 11.8 Å². The molecule has 0 saturated heterocycles. The van der Waals surface area contributed by atoms with Crippen molar-refractivity contribution in [1.29, 1.82) is 0 Å². The number of rotatable bonds is 9. The Labute approximate surface area is 171 Å². The van der Waals surface area contributed by atoms with Crippen molar-refractivity contribution in [3.05, 3.63) is 54.1 Å². The van der Waals surface area contributed by atoms with E-state index in [-0.39, 0.29) is 27.5 Å². The first kappa shape index (κ1) is 22.3. The lowest BCUT2D eigenvalue weighted by Crippen LogP contribution is -2.30. The van der Waals surface area contributed by atoms with Crippen LogP contribution >= 0.6 is 11.8 Å². The summed E-state index contributed by atoms with van der Waals surface area (Å²) < 4.78 is 26.7. The minimum Gasteiger partial charge on any atom is -0.506 e. The van der Waals surface area contributed by atoms with Gasteiger partial charge in [-0.25, -0.2) is 8.42 Å². The van der Waals surface area contributed by atoms with E-state index in [4.69, 9.17) is 0 Å². The van der Waals surface area contributed by atoms with Gasteiger partial charge in [0.05, 0.1) is 15.8 Å². The minimum absolute atomic E-state index is 0.0360. The van der Waals surface area contributed by atoms with Crippen molar-refractivity contribution in [2.75, 3.05) is 18.4 Å². The molecule has 152 valence electrons. The van der Waals surface area contributed by atoms with Crippen LogP contribution in [0.4, 0.5) is 5.69 Å². The smallest absolute Gasteiger partial charge is 0.243 e. The van der Waals surface area contributed by atoms with Gasteiger partial charge in [0.25, 0.3) is 0 Å². The number of aromatic hydroxyl groups is 1. The van der Waals surface area contributed by atoms with Crippen LogP contribution in [-0.2, 0) is 20.6 Å². The lowest BCUT2D eigenvalue weighted by molar-refractivity contribution is -0.115. The molecule has 2 aromatic rings. The van der Waals surface area contributed by atoms with Gasteiger partial charge in [-0.2, -0.15) is 4.31 Å². The number of nitrogens with zero attached hydrogens (tertiary/aromatic N) is 1. The molecule has 1 atom stereocenters. The summed E-state index contributed by atoms with van der Waals surface area (Å²) in [5.41, 5.74) is 1.20. The molecule has 0 aromatic heterocycles. The molecule has 0 aliphatic heterocycles. The summed E-state index contributed by atoms with van der Waals surface area (Å²) in [5.74, 6) is 0.207. The molecule has 28 heavy (non-hydrogen) atoms. The number of carbonyl (C=O) groups is 1. The molecule has 1 amide bonds. The Morgan fingerprint density at radius 2 is 1.79 bits per heavy atom. The topological polar surface area (TPSA) is 86.7 Å². The molecule has 2 aromatic carbocycles. The van der Waals surface area contributed by atoms with Crippen LogP contribution in [0.5, 0.6) is 5.75 Å². The van der Waals surface area contributed by atoms with Gasteiger partial charge in [0.15, 0.2) is 0 Å². The molecular formula is C20H26N2O4S2. The third kappa shape index (κ3) is 5.50. The predicted molar refractivity (Wildman–Crippen MR) is 114 cm³/mol. The summed E-state index contributed by atoms with van der Waals surface area (Å²) in [7, 11) is -3.68. The van der Waals surface area contributed by atoms with Crippen LogP contribution < -0.4 is 5.32 Å². The highest BCUT2D eigenvalue weighted by Crippen LogP contribution is 2.29. The second kappa shape index (κ2) is 9.95. The Bertz CT molecular complexity index is 898. The summed E-state index contributed by atoms with van der Waals surface area (Å²) in [6.45, 7) is 5.98. The minimum atomic E-state index is -3.68. The predicted octanol–water partition coefficient (Wildman–Crippen LogP) is 3.68. The summed E-state index contributed by atoms with van der Waals surface area (Å²) >= 11 is 1.46. The number of amides is 1. The highest BCUT2D eigenvalue weighted by molar-refractivity contribution is 7.99. The second-order valence-electron chi connectivity index (χ2n) is 6.20. The Balaban J connectivity index is 2.11. The monoisotopic (exact) mass is 422 g/mol. The van der Waals surface area contributed by atoms with Gasteiger partial charge >= 0.3 is 0 Å². The van der Waals surface area contributed by atoms with Crippen LogP contribution in [0.25, 0.3) is 0 Å². The third-order valence-corrected chi connectivity index (χ3v) is 7.54. The standard InChI is InChI=1S/C20H26N2O4S2/c1-4-22(5-2)28(25,26)17-11-12-19(23)18(13-17)21-20(24)15(3)27-14-16-9-7-6-8-10-16/h6-13,15,23H,4-5,14H2,1-3H3,(H,21,24). The van der Waals surface area contributed by atoms with Crippen molar-refractivity contribution >= 4 is 33.4 Å². The Kier molecular flexibility index (Phi) is 7.91. The van der Waals surface area contributed by atoms with E-state index in [9.17, 15) is 18.3 Å². The number of sulfonamides is 1. The highest BCUT2D eigenvalue weighted by Gasteiger charge is 2.23. The van der Waals surface area contributed by atoms with E-state index in [0.29, 0.717) is 18.8 Å². The molecule has 1 unspecified atom stereocenters. The molecule has 0 bridgehead atoms. The third-order valence-electron chi connectivity index (χ3n) is 4.28. The maximum Gasteiger partial charge on any atom is 0.243 e. The molecule has 0 aliphatic rings. The summed E-state index contributed by atoms with van der Waals surface area (Å²) in [6.07, 6.45) is 0. The van der Waals surface area contributed by atoms with E-state index < -0.39 is 10.0 Å². The largest absolute Gasteiger partial charge is 0.506 e. The first-order chi connectivity index (χ1) is 13.3. The molecule has 8 heteroatoms. The Morgan fingerprint density at radius 3 is 2.39 bits per heavy atom. The number of hydrogen-bond acceptors (Lipinski definition) is 5. The van der Waals surface area contributed by atoms with Gasteiger partial charge in [0, 0.05) is 18.8 Å². The Hall–Kier alpha value is -2.03. The van der Waals surface area contributed by atoms with Gasteiger partial charge in [-0.3, -0.25) is 4.79 Å². The lowest BCUT2D eigenvalue weighted by atomic mass is 10.2. The van der Waals surface area contributed by atoms with Crippen molar-refractivity contribution in [3.63, 3.8) is 0 Å². The van der Waals surface area contributed by atoms with Crippen LogP contribution in [0.15, 0.2) is 53.4 Å². The fourth-order valence-corrected chi connectivity index (χ4v) is 4.92. The van der Waals surface area contributed by atoms with Crippen molar-refractivity contribution in [1.82, 2.24) is 4.31 Å². The van der Waals surface area contributed by atoms with Crippen LogP contribution in [0.1, 0.15) is 26.3 Å². The molecule has 0 radical (unpaired) electrons. The zero-order valence-corrected chi connectivity index (χ0v) is 17.9. The number of thioether (sulfide) groups is 1. The molecule has 6 nitrogen and oxygen atoms in total. The number of anilines is 1. The van der Waals surface area contributed by atoms with Crippen LogP contribution in [0.3, 0.4) is 0 Å². The number of benzene rings is 2. The number of phenols is 1. The van der Waals surface area contributed by atoms with Crippen LogP contribution in [0, 0.1) is 0 Å². The lowest BCUT2D eigenvalue weighted by Gasteiger charge is -2.19. The number of hydrogen-bond donors (Lipinski definition) is 2. The summed E-state index contributed by atoms with van der Waals surface area (Å²) in [6, 6.07) is 13.7. The normalized spacial score (nSPS) is 12.7. The highest BCUT2D eigenvalue weighted by atomic mass is 32.2. The SMILES string of the molecule is CCN(CC)S(=O)(=O)c1ccc(O)c(NC(=O)C(C)SCc2ccccc2)c1. The van der Waals surface area contributed by atoms with Crippen LogP contribution in [0.2, 0.25) is 0 Å². The summed E-state index contributed by atoms with van der Waals surface area (Å²) in [4.78, 5) is 12.5. The maximum atomic E-state index is 12.7. The number of nitrogens with one attached hydrogen (secondary N) is 1. The summed E-state index contributed by atoms with van der Waals surface area (Å²) in [5, 5.41) is 12.3. The van der Waals surface area contributed by atoms with Gasteiger partial charge in [-0.1, -0.05) is 44.2 Å². The maximum absolute atomic E-state index is 12.7. The average molecular weight is 423 g/mol. The van der Waals surface area contributed by atoms with Crippen molar-refractivity contribution in [3.8, 4) is 5.75 Å². The molecule has 0 saturated carbocycles. The van der Waals surface area contributed by atoms with E-state index in [2.05, 4.69) is 5.32 Å². The molecule has 0 heterocycles. The van der Waals surface area contributed by atoms with E-state index in [1.165, 1.54) is 34.3 Å². The van der Waals surface area contributed by atoms with Gasteiger partial charge in [-0.05, 0) is 30.7 Å². The van der Waals surface area contributed by atoms with Gasteiger partial charge in [0.1, 0.15) is 5.75 Å². The van der Waals surface area contributed by atoms with Crippen molar-refractivity contribution in [2.45, 2.75) is 36.7 Å². The fraction of sp³-hybridized carbons (Fsp3) is 0.350. The van der Waals surface area contributed by atoms with E-state index in [1.807, 2.05) is 30.3 Å².